The third-order valence-corrected chi connectivity index (χ3v) is 5.13. The highest BCUT2D eigenvalue weighted by atomic mass is 35.5. The molecule has 140 valence electrons. The summed E-state index contributed by atoms with van der Waals surface area (Å²) in [5.74, 6) is 0.132. The minimum Gasteiger partial charge on any atom is -0.495 e. The molecule has 2 aromatic rings. The van der Waals surface area contributed by atoms with E-state index < -0.39 is 10.0 Å². The van der Waals surface area contributed by atoms with Crippen molar-refractivity contribution in [2.75, 3.05) is 29.5 Å². The third-order valence-electron chi connectivity index (χ3n) is 3.70. The van der Waals surface area contributed by atoms with Crippen molar-refractivity contribution in [3.8, 4) is 5.75 Å². The van der Waals surface area contributed by atoms with E-state index in [4.69, 9.17) is 16.3 Å². The number of anilines is 2. The van der Waals surface area contributed by atoms with Crippen LogP contribution in [0.25, 0.3) is 0 Å². The number of carbonyl (C=O) groups is 1. The van der Waals surface area contributed by atoms with Gasteiger partial charge in [-0.05, 0) is 37.3 Å². The number of halogens is 1. The Hall–Kier alpha value is -2.25. The number of amides is 1. The largest absolute Gasteiger partial charge is 0.495 e. The Labute approximate surface area is 158 Å². The average Bonchev–Trinajstić information content (AvgIpc) is 2.55. The zero-order chi connectivity index (χ0) is 19.3. The van der Waals surface area contributed by atoms with Gasteiger partial charge >= 0.3 is 0 Å². The Kier molecular flexibility index (Phi) is 6.50. The molecule has 2 rings (SSSR count). The maximum atomic E-state index is 12.3. The number of nitrogens with zero attached hydrogens (tertiary/aromatic N) is 1. The van der Waals surface area contributed by atoms with Gasteiger partial charge in [-0.2, -0.15) is 0 Å². The molecule has 8 heteroatoms. The molecule has 1 amide bonds. The fourth-order valence-electron chi connectivity index (χ4n) is 2.39. The first-order valence-electron chi connectivity index (χ1n) is 7.88. The van der Waals surface area contributed by atoms with Crippen LogP contribution in [0.1, 0.15) is 12.0 Å². The summed E-state index contributed by atoms with van der Waals surface area (Å²) in [6.45, 7) is 1.94. The van der Waals surface area contributed by atoms with Crippen LogP contribution in [0.2, 0.25) is 5.02 Å². The highest BCUT2D eigenvalue weighted by Gasteiger charge is 2.19. The van der Waals surface area contributed by atoms with E-state index in [1.807, 2.05) is 19.1 Å². The zero-order valence-corrected chi connectivity index (χ0v) is 16.4. The van der Waals surface area contributed by atoms with Gasteiger partial charge in [0.2, 0.25) is 15.9 Å². The first kappa shape index (κ1) is 20.1. The van der Waals surface area contributed by atoms with E-state index in [2.05, 4.69) is 5.32 Å². The minimum absolute atomic E-state index is 0.0172. The standard InChI is InChI=1S/C18H21ClN2O4S/c1-13-4-7-15(8-5-13)21(26(3,23)24)11-10-18(22)20-16-12-14(19)6-9-17(16)25-2/h4-9,12H,10-11H2,1-3H3,(H,20,22). The molecule has 0 saturated carbocycles. The smallest absolute Gasteiger partial charge is 0.232 e. The minimum atomic E-state index is -3.51. The molecule has 0 aliphatic rings. The van der Waals surface area contributed by atoms with Gasteiger partial charge in [-0.15, -0.1) is 0 Å². The van der Waals surface area contributed by atoms with E-state index in [9.17, 15) is 13.2 Å². The molecule has 0 spiro atoms. The topological polar surface area (TPSA) is 75.7 Å². The lowest BCUT2D eigenvalue weighted by molar-refractivity contribution is -0.116. The number of ether oxygens (including phenoxy) is 1. The van der Waals surface area contributed by atoms with Gasteiger partial charge in [0.1, 0.15) is 5.75 Å². The molecule has 2 aromatic carbocycles. The van der Waals surface area contributed by atoms with Crippen LogP contribution in [0.3, 0.4) is 0 Å². The number of rotatable bonds is 7. The zero-order valence-electron chi connectivity index (χ0n) is 14.8. The molecule has 0 aliphatic heterocycles. The highest BCUT2D eigenvalue weighted by Crippen LogP contribution is 2.28. The monoisotopic (exact) mass is 396 g/mol. The van der Waals surface area contributed by atoms with Crippen LogP contribution in [0.5, 0.6) is 5.75 Å². The second kappa shape index (κ2) is 8.42. The molecule has 0 saturated heterocycles. The summed E-state index contributed by atoms with van der Waals surface area (Å²) < 4.78 is 30.6. The van der Waals surface area contributed by atoms with Crippen LogP contribution < -0.4 is 14.4 Å². The predicted molar refractivity (Wildman–Crippen MR) is 105 cm³/mol. The van der Waals surface area contributed by atoms with Crippen molar-refractivity contribution < 1.29 is 17.9 Å². The van der Waals surface area contributed by atoms with Crippen molar-refractivity contribution >= 4 is 38.9 Å². The summed E-state index contributed by atoms with van der Waals surface area (Å²) in [5.41, 5.74) is 1.98. The Bertz CT molecular complexity index is 883. The van der Waals surface area contributed by atoms with E-state index in [0.29, 0.717) is 22.1 Å². The molecule has 0 radical (unpaired) electrons. The number of methoxy groups -OCH3 is 1. The molecule has 26 heavy (non-hydrogen) atoms. The SMILES string of the molecule is COc1ccc(Cl)cc1NC(=O)CCN(c1ccc(C)cc1)S(C)(=O)=O. The lowest BCUT2D eigenvalue weighted by Crippen LogP contribution is -2.33. The van der Waals surface area contributed by atoms with Crippen molar-refractivity contribution in [3.63, 3.8) is 0 Å². The summed E-state index contributed by atoms with van der Waals surface area (Å²) in [4.78, 5) is 12.3. The molecule has 0 bridgehead atoms. The summed E-state index contributed by atoms with van der Waals surface area (Å²) in [6.07, 6.45) is 1.10. The highest BCUT2D eigenvalue weighted by molar-refractivity contribution is 7.92. The van der Waals surface area contributed by atoms with E-state index >= 15 is 0 Å². The van der Waals surface area contributed by atoms with Gasteiger partial charge in [0, 0.05) is 18.0 Å². The van der Waals surface area contributed by atoms with E-state index in [-0.39, 0.29) is 18.9 Å². The number of aryl methyl sites for hydroxylation is 1. The first-order valence-corrected chi connectivity index (χ1v) is 10.1. The lowest BCUT2D eigenvalue weighted by atomic mass is 10.2. The number of hydrogen-bond donors (Lipinski definition) is 1. The van der Waals surface area contributed by atoms with Gasteiger partial charge in [0.25, 0.3) is 0 Å². The summed E-state index contributed by atoms with van der Waals surface area (Å²) in [6, 6.07) is 12.0. The average molecular weight is 397 g/mol. The van der Waals surface area contributed by atoms with Crippen LogP contribution in [-0.2, 0) is 14.8 Å². The molecule has 0 unspecified atom stereocenters. The van der Waals surface area contributed by atoms with Crippen LogP contribution in [-0.4, -0.2) is 34.2 Å². The second-order valence-corrected chi connectivity index (χ2v) is 8.16. The Morgan fingerprint density at radius 1 is 1.19 bits per heavy atom. The van der Waals surface area contributed by atoms with Gasteiger partial charge < -0.3 is 10.1 Å². The molecule has 1 N–H and O–H groups in total. The van der Waals surface area contributed by atoms with Crippen molar-refractivity contribution in [3.05, 3.63) is 53.1 Å². The molecule has 0 aromatic heterocycles. The fraction of sp³-hybridized carbons (Fsp3) is 0.278. The van der Waals surface area contributed by atoms with E-state index in [1.165, 1.54) is 11.4 Å². The Morgan fingerprint density at radius 2 is 1.85 bits per heavy atom. The van der Waals surface area contributed by atoms with Crippen LogP contribution in [0, 0.1) is 6.92 Å². The third kappa shape index (κ3) is 5.37. The normalized spacial score (nSPS) is 11.1. The molecule has 6 nitrogen and oxygen atoms in total. The van der Waals surface area contributed by atoms with E-state index in [0.717, 1.165) is 11.8 Å². The van der Waals surface area contributed by atoms with Crippen molar-refractivity contribution in [1.82, 2.24) is 0 Å². The van der Waals surface area contributed by atoms with Gasteiger partial charge in [-0.3, -0.25) is 9.10 Å². The summed E-state index contributed by atoms with van der Waals surface area (Å²) in [7, 11) is -2.02. The number of carbonyl (C=O) groups excluding carboxylic acids is 1. The lowest BCUT2D eigenvalue weighted by Gasteiger charge is -2.22. The number of nitrogens with one attached hydrogen (secondary N) is 1. The Balaban J connectivity index is 2.10. The van der Waals surface area contributed by atoms with Crippen LogP contribution in [0.4, 0.5) is 11.4 Å². The Morgan fingerprint density at radius 3 is 2.42 bits per heavy atom. The van der Waals surface area contributed by atoms with Crippen LogP contribution >= 0.6 is 11.6 Å². The van der Waals surface area contributed by atoms with Gasteiger partial charge in [-0.25, -0.2) is 8.42 Å². The maximum Gasteiger partial charge on any atom is 0.232 e. The van der Waals surface area contributed by atoms with Gasteiger partial charge in [-0.1, -0.05) is 29.3 Å². The van der Waals surface area contributed by atoms with Crippen molar-refractivity contribution in [2.24, 2.45) is 0 Å². The molecule has 0 atom stereocenters. The number of sulfonamides is 1. The van der Waals surface area contributed by atoms with Crippen LogP contribution in [0.15, 0.2) is 42.5 Å². The summed E-state index contributed by atoms with van der Waals surface area (Å²) in [5, 5.41) is 3.16. The quantitative estimate of drug-likeness (QED) is 0.777. The van der Waals surface area contributed by atoms with Crippen molar-refractivity contribution in [2.45, 2.75) is 13.3 Å². The maximum absolute atomic E-state index is 12.3. The van der Waals surface area contributed by atoms with Gasteiger partial charge in [0.15, 0.2) is 0 Å². The van der Waals surface area contributed by atoms with E-state index in [1.54, 1.807) is 30.3 Å². The molecule has 0 heterocycles. The molecule has 0 aliphatic carbocycles. The number of hydrogen-bond acceptors (Lipinski definition) is 4. The fourth-order valence-corrected chi connectivity index (χ4v) is 3.49. The summed E-state index contributed by atoms with van der Waals surface area (Å²) >= 11 is 5.94. The predicted octanol–water partition coefficient (Wildman–Crippen LogP) is 3.45. The molecule has 0 fully saturated rings. The van der Waals surface area contributed by atoms with Gasteiger partial charge in [0.05, 0.1) is 24.7 Å². The number of benzene rings is 2. The first-order chi connectivity index (χ1) is 12.2. The molecular formula is C18H21ClN2O4S. The second-order valence-electron chi connectivity index (χ2n) is 5.81. The molecular weight excluding hydrogens is 376 g/mol. The van der Waals surface area contributed by atoms with Crippen molar-refractivity contribution in [1.29, 1.82) is 0 Å².